The summed E-state index contributed by atoms with van der Waals surface area (Å²) in [4.78, 5) is 6.87. The lowest BCUT2D eigenvalue weighted by molar-refractivity contribution is 0.247. The van der Waals surface area contributed by atoms with Gasteiger partial charge in [0.15, 0.2) is 11.6 Å². The number of nitrogens with two attached hydrogens (primary N) is 2. The Balaban J connectivity index is 1.94. The van der Waals surface area contributed by atoms with Crippen LogP contribution in [-0.4, -0.2) is 50.7 Å². The molecule has 23 heavy (non-hydrogen) atoms. The molecule has 3 rings (SSSR count). The van der Waals surface area contributed by atoms with Gasteiger partial charge in [-0.15, -0.1) is 0 Å². The van der Waals surface area contributed by atoms with E-state index in [0.29, 0.717) is 11.7 Å². The van der Waals surface area contributed by atoms with E-state index < -0.39 is 5.66 Å². The number of aliphatic imine (C=N–C) groups is 1. The van der Waals surface area contributed by atoms with Gasteiger partial charge in [0.05, 0.1) is 7.11 Å². The molecule has 1 saturated heterocycles. The number of piperazine rings is 1. The average molecular weight is 316 g/mol. The number of nitrogens with one attached hydrogen (secondary N) is 2. The van der Waals surface area contributed by atoms with E-state index in [9.17, 15) is 0 Å². The molecule has 2 aliphatic heterocycles. The highest BCUT2D eigenvalue weighted by Gasteiger charge is 2.37. The third kappa shape index (κ3) is 3.17. The number of hydrogen-bond acceptors (Lipinski definition) is 7. The smallest absolute Gasteiger partial charge is 0.195 e. The van der Waals surface area contributed by atoms with Crippen molar-refractivity contribution in [2.24, 2.45) is 16.5 Å². The first kappa shape index (κ1) is 15.8. The van der Waals surface area contributed by atoms with Crippen LogP contribution in [0.15, 0.2) is 41.0 Å². The minimum atomic E-state index is -1.02. The second kappa shape index (κ2) is 6.57. The molecule has 124 valence electrons. The first-order valence-electron chi connectivity index (χ1n) is 7.80. The molecule has 1 atom stereocenters. The summed E-state index contributed by atoms with van der Waals surface area (Å²) in [6.07, 6.45) is 1.87. The summed E-state index contributed by atoms with van der Waals surface area (Å²) < 4.78 is 5.48. The van der Waals surface area contributed by atoms with Gasteiger partial charge >= 0.3 is 0 Å². The van der Waals surface area contributed by atoms with Gasteiger partial charge in [0.25, 0.3) is 0 Å². The monoisotopic (exact) mass is 316 g/mol. The van der Waals surface area contributed by atoms with E-state index in [4.69, 9.17) is 16.2 Å². The van der Waals surface area contributed by atoms with Crippen LogP contribution in [0.4, 0.5) is 0 Å². The molecule has 0 amide bonds. The molecule has 0 aromatic heterocycles. The lowest BCUT2D eigenvalue weighted by Crippen LogP contribution is -2.51. The molecule has 6 N–H and O–H groups in total. The van der Waals surface area contributed by atoms with E-state index in [1.165, 1.54) is 0 Å². The van der Waals surface area contributed by atoms with Crippen LogP contribution in [0.1, 0.15) is 5.56 Å². The van der Waals surface area contributed by atoms with E-state index in [2.05, 4.69) is 20.5 Å². The summed E-state index contributed by atoms with van der Waals surface area (Å²) in [5.41, 5.74) is 13.4. The Morgan fingerprint density at radius 2 is 2.04 bits per heavy atom. The van der Waals surface area contributed by atoms with Crippen molar-refractivity contribution in [3.05, 3.63) is 41.6 Å². The van der Waals surface area contributed by atoms with Crippen LogP contribution in [0.5, 0.6) is 5.75 Å². The van der Waals surface area contributed by atoms with Gasteiger partial charge < -0.3 is 21.1 Å². The maximum Gasteiger partial charge on any atom is 0.195 e. The zero-order valence-electron chi connectivity index (χ0n) is 13.4. The SMILES string of the molecule is COc1ccccc1C1(N)N=C(N)NC=C1CN1CCNCC1. The number of hydrogen-bond donors (Lipinski definition) is 4. The molecular formula is C16H24N6O. The molecule has 2 aliphatic rings. The van der Waals surface area contributed by atoms with Gasteiger partial charge in [-0.2, -0.15) is 0 Å². The number of nitrogens with zero attached hydrogens (tertiary/aromatic N) is 2. The van der Waals surface area contributed by atoms with Crippen LogP contribution in [0, 0.1) is 0 Å². The van der Waals surface area contributed by atoms with Gasteiger partial charge in [0.2, 0.25) is 0 Å². The predicted molar refractivity (Wildman–Crippen MR) is 91.0 cm³/mol. The quantitative estimate of drug-likeness (QED) is 0.598. The van der Waals surface area contributed by atoms with E-state index in [1.54, 1.807) is 7.11 Å². The van der Waals surface area contributed by atoms with Gasteiger partial charge in [-0.05, 0) is 6.07 Å². The number of ether oxygens (including phenoxy) is 1. The van der Waals surface area contributed by atoms with Crippen molar-refractivity contribution in [2.45, 2.75) is 5.66 Å². The average Bonchev–Trinajstić information content (AvgIpc) is 2.58. The van der Waals surface area contributed by atoms with Crippen LogP contribution >= 0.6 is 0 Å². The largest absolute Gasteiger partial charge is 0.496 e. The first-order chi connectivity index (χ1) is 11.1. The maximum absolute atomic E-state index is 6.71. The highest BCUT2D eigenvalue weighted by molar-refractivity contribution is 5.81. The Morgan fingerprint density at radius 1 is 1.30 bits per heavy atom. The fourth-order valence-corrected chi connectivity index (χ4v) is 3.03. The summed E-state index contributed by atoms with van der Waals surface area (Å²) in [5, 5.41) is 6.34. The first-order valence-corrected chi connectivity index (χ1v) is 7.80. The van der Waals surface area contributed by atoms with Crippen molar-refractivity contribution < 1.29 is 4.74 Å². The Bertz CT molecular complexity index is 623. The van der Waals surface area contributed by atoms with Crippen molar-refractivity contribution >= 4 is 5.96 Å². The molecule has 1 aromatic rings. The topological polar surface area (TPSA) is 101 Å². The van der Waals surface area contributed by atoms with Crippen LogP contribution < -0.4 is 26.8 Å². The third-order valence-corrected chi connectivity index (χ3v) is 4.30. The highest BCUT2D eigenvalue weighted by atomic mass is 16.5. The zero-order valence-corrected chi connectivity index (χ0v) is 13.4. The maximum atomic E-state index is 6.71. The number of methoxy groups -OCH3 is 1. The zero-order chi connectivity index (χ0) is 16.3. The second-order valence-corrected chi connectivity index (χ2v) is 5.80. The summed E-state index contributed by atoms with van der Waals surface area (Å²) in [5.74, 6) is 1.02. The van der Waals surface area contributed by atoms with Gasteiger partial charge in [-0.25, -0.2) is 4.99 Å². The summed E-state index contributed by atoms with van der Waals surface area (Å²) >= 11 is 0. The van der Waals surface area contributed by atoms with Gasteiger partial charge in [-0.1, -0.05) is 18.2 Å². The molecule has 0 bridgehead atoms. The van der Waals surface area contributed by atoms with Crippen LogP contribution in [0.25, 0.3) is 0 Å². The number of benzene rings is 1. The molecule has 0 spiro atoms. The normalized spacial score (nSPS) is 25.3. The van der Waals surface area contributed by atoms with Crippen molar-refractivity contribution in [1.82, 2.24) is 15.5 Å². The Morgan fingerprint density at radius 3 is 2.78 bits per heavy atom. The van der Waals surface area contributed by atoms with Crippen molar-refractivity contribution in [1.29, 1.82) is 0 Å². The van der Waals surface area contributed by atoms with Crippen LogP contribution in [0.3, 0.4) is 0 Å². The van der Waals surface area contributed by atoms with E-state index >= 15 is 0 Å². The number of rotatable bonds is 4. The van der Waals surface area contributed by atoms with Crippen molar-refractivity contribution in [3.63, 3.8) is 0 Å². The number of guanidine groups is 1. The molecule has 1 unspecified atom stereocenters. The molecule has 7 heteroatoms. The van der Waals surface area contributed by atoms with Crippen LogP contribution in [-0.2, 0) is 5.66 Å². The standard InChI is InChI=1S/C16H24N6O/c1-23-14-5-3-2-4-13(14)16(18)12(10-20-15(17)21-16)11-22-8-6-19-7-9-22/h2-5,10,19H,6-9,11,18H2,1H3,(H3,17,20,21). The van der Waals surface area contributed by atoms with Gasteiger partial charge in [0, 0.05) is 50.1 Å². The highest BCUT2D eigenvalue weighted by Crippen LogP contribution is 2.36. The molecule has 7 nitrogen and oxygen atoms in total. The fourth-order valence-electron chi connectivity index (χ4n) is 3.03. The Labute approximate surface area is 136 Å². The predicted octanol–water partition coefficient (Wildman–Crippen LogP) is -0.486. The van der Waals surface area contributed by atoms with Crippen LogP contribution in [0.2, 0.25) is 0 Å². The molecule has 0 saturated carbocycles. The minimum absolute atomic E-state index is 0.308. The molecule has 1 aromatic carbocycles. The second-order valence-electron chi connectivity index (χ2n) is 5.80. The lowest BCUT2D eigenvalue weighted by atomic mass is 9.90. The lowest BCUT2D eigenvalue weighted by Gasteiger charge is -2.37. The molecule has 0 aliphatic carbocycles. The van der Waals surface area contributed by atoms with E-state index in [0.717, 1.165) is 43.9 Å². The Kier molecular flexibility index (Phi) is 4.51. The van der Waals surface area contributed by atoms with E-state index in [1.807, 2.05) is 30.5 Å². The molecule has 1 fully saturated rings. The molecule has 0 radical (unpaired) electrons. The minimum Gasteiger partial charge on any atom is -0.496 e. The molecule has 2 heterocycles. The summed E-state index contributed by atoms with van der Waals surface area (Å²) in [7, 11) is 1.63. The fraction of sp³-hybridized carbons (Fsp3) is 0.438. The van der Waals surface area contributed by atoms with Crippen molar-refractivity contribution in [2.75, 3.05) is 39.8 Å². The van der Waals surface area contributed by atoms with Gasteiger partial charge in [-0.3, -0.25) is 10.6 Å². The summed E-state index contributed by atoms with van der Waals surface area (Å²) in [6.45, 7) is 4.67. The Hall–Kier alpha value is -2.09. The number of para-hydroxylation sites is 1. The summed E-state index contributed by atoms with van der Waals surface area (Å²) in [6, 6.07) is 7.68. The van der Waals surface area contributed by atoms with E-state index in [-0.39, 0.29) is 0 Å². The van der Waals surface area contributed by atoms with Crippen molar-refractivity contribution in [3.8, 4) is 5.75 Å². The third-order valence-electron chi connectivity index (χ3n) is 4.30. The molecular weight excluding hydrogens is 292 g/mol. The van der Waals surface area contributed by atoms with Gasteiger partial charge in [0.1, 0.15) is 5.75 Å².